The zero-order valence-corrected chi connectivity index (χ0v) is 19.6. The van der Waals surface area contributed by atoms with E-state index in [1.54, 1.807) is 30.3 Å². The van der Waals surface area contributed by atoms with Gasteiger partial charge < -0.3 is 13.9 Å². The van der Waals surface area contributed by atoms with Crippen LogP contribution in [0.5, 0.6) is 11.5 Å². The Morgan fingerprint density at radius 3 is 2.34 bits per heavy atom. The molecular weight excluding hydrogens is 449 g/mol. The number of amides is 1. The minimum Gasteiger partial charge on any atom is -0.490 e. The Bertz CT molecular complexity index is 1490. The average molecular weight is 474 g/mol. The highest BCUT2D eigenvalue weighted by molar-refractivity contribution is 6.10. The van der Waals surface area contributed by atoms with Crippen LogP contribution in [0.15, 0.2) is 69.9 Å². The Morgan fingerprint density at radius 1 is 0.914 bits per heavy atom. The van der Waals surface area contributed by atoms with Gasteiger partial charge in [-0.15, -0.1) is 0 Å². The SMILES string of the molecule is CCOc1ccc(C2c3c(oc4ccc(C)cc4c3=O)C(=O)N2c2ccc(F)cc2)cc1OCC. The number of fused-ring (bicyclic) bond motifs is 2. The van der Waals surface area contributed by atoms with Crippen LogP contribution in [-0.4, -0.2) is 19.1 Å². The Balaban J connectivity index is 1.78. The van der Waals surface area contributed by atoms with Gasteiger partial charge in [-0.05, 0) is 74.9 Å². The van der Waals surface area contributed by atoms with Gasteiger partial charge in [0.05, 0.1) is 30.2 Å². The number of halogens is 1. The van der Waals surface area contributed by atoms with Crippen molar-refractivity contribution in [1.82, 2.24) is 0 Å². The van der Waals surface area contributed by atoms with E-state index in [1.165, 1.54) is 29.2 Å². The summed E-state index contributed by atoms with van der Waals surface area (Å²) in [5.41, 5.74) is 2.30. The number of anilines is 1. The van der Waals surface area contributed by atoms with Gasteiger partial charge in [0.1, 0.15) is 11.4 Å². The second kappa shape index (κ2) is 8.91. The molecule has 0 saturated heterocycles. The molecule has 7 heteroatoms. The summed E-state index contributed by atoms with van der Waals surface area (Å²) in [4.78, 5) is 28.9. The van der Waals surface area contributed by atoms with Gasteiger partial charge in [-0.2, -0.15) is 0 Å². The number of nitrogens with zero attached hydrogens (tertiary/aromatic N) is 1. The molecule has 1 atom stereocenters. The van der Waals surface area contributed by atoms with Crippen LogP contribution in [-0.2, 0) is 0 Å². The molecular formula is C28H24FNO5. The van der Waals surface area contributed by atoms with Crippen molar-refractivity contribution in [2.75, 3.05) is 18.1 Å². The van der Waals surface area contributed by atoms with Crippen molar-refractivity contribution in [1.29, 1.82) is 0 Å². The molecule has 0 bridgehead atoms. The summed E-state index contributed by atoms with van der Waals surface area (Å²) < 4.78 is 31.2. The molecule has 35 heavy (non-hydrogen) atoms. The molecule has 1 amide bonds. The monoisotopic (exact) mass is 473 g/mol. The van der Waals surface area contributed by atoms with Crippen molar-refractivity contribution in [2.45, 2.75) is 26.8 Å². The van der Waals surface area contributed by atoms with Gasteiger partial charge in [-0.1, -0.05) is 17.7 Å². The molecule has 0 spiro atoms. The standard InChI is InChI=1S/C28H24FNO5/c1-4-33-22-13-7-17(15-23(22)34-5-2)25-24-26(31)20-14-16(3)6-12-21(20)35-27(24)28(32)30(25)19-10-8-18(29)9-11-19/h6-15,25H,4-5H2,1-3H3. The van der Waals surface area contributed by atoms with Crippen LogP contribution >= 0.6 is 0 Å². The Labute approximate surface area is 201 Å². The second-order valence-corrected chi connectivity index (χ2v) is 8.30. The van der Waals surface area contributed by atoms with Gasteiger partial charge in [0.2, 0.25) is 5.76 Å². The fraction of sp³-hybridized carbons (Fsp3) is 0.214. The van der Waals surface area contributed by atoms with E-state index in [0.29, 0.717) is 46.9 Å². The molecule has 1 unspecified atom stereocenters. The third-order valence-electron chi connectivity index (χ3n) is 6.01. The van der Waals surface area contributed by atoms with Crippen LogP contribution < -0.4 is 19.8 Å². The van der Waals surface area contributed by atoms with Gasteiger partial charge in [-0.25, -0.2) is 4.39 Å². The lowest BCUT2D eigenvalue weighted by molar-refractivity contribution is 0.0971. The van der Waals surface area contributed by atoms with E-state index in [9.17, 15) is 14.0 Å². The molecule has 178 valence electrons. The molecule has 1 aromatic heterocycles. The summed E-state index contributed by atoms with van der Waals surface area (Å²) in [5, 5.41) is 0.401. The fourth-order valence-electron chi connectivity index (χ4n) is 4.51. The molecule has 0 fully saturated rings. The predicted octanol–water partition coefficient (Wildman–Crippen LogP) is 5.79. The highest BCUT2D eigenvalue weighted by Crippen LogP contribution is 2.43. The van der Waals surface area contributed by atoms with Crippen LogP contribution in [0.2, 0.25) is 0 Å². The molecule has 1 aliphatic heterocycles. The van der Waals surface area contributed by atoms with Gasteiger partial charge in [0, 0.05) is 5.69 Å². The summed E-state index contributed by atoms with van der Waals surface area (Å²) in [6, 6.07) is 15.4. The Hall–Kier alpha value is -4.13. The van der Waals surface area contributed by atoms with Crippen molar-refractivity contribution < 1.29 is 23.1 Å². The van der Waals surface area contributed by atoms with Crippen molar-refractivity contribution >= 4 is 22.6 Å². The second-order valence-electron chi connectivity index (χ2n) is 8.30. The number of rotatable bonds is 6. The lowest BCUT2D eigenvalue weighted by Crippen LogP contribution is -2.29. The molecule has 4 aromatic rings. The average Bonchev–Trinajstić information content (AvgIpc) is 3.14. The normalized spacial score (nSPS) is 14.9. The number of carbonyl (C=O) groups excluding carboxylic acids is 1. The maximum absolute atomic E-state index is 13.8. The first-order chi connectivity index (χ1) is 16.9. The van der Waals surface area contributed by atoms with E-state index >= 15 is 0 Å². The first-order valence-corrected chi connectivity index (χ1v) is 11.5. The highest BCUT2D eigenvalue weighted by Gasteiger charge is 2.44. The van der Waals surface area contributed by atoms with E-state index in [0.717, 1.165) is 5.56 Å². The number of hydrogen-bond acceptors (Lipinski definition) is 5. The van der Waals surface area contributed by atoms with Crippen molar-refractivity contribution in [3.8, 4) is 11.5 Å². The van der Waals surface area contributed by atoms with Gasteiger partial charge in [-0.3, -0.25) is 14.5 Å². The zero-order chi connectivity index (χ0) is 24.7. The third kappa shape index (κ3) is 3.83. The zero-order valence-electron chi connectivity index (χ0n) is 19.6. The summed E-state index contributed by atoms with van der Waals surface area (Å²) >= 11 is 0. The van der Waals surface area contributed by atoms with Gasteiger partial charge in [0.25, 0.3) is 5.91 Å². The molecule has 0 saturated carbocycles. The fourth-order valence-corrected chi connectivity index (χ4v) is 4.51. The number of benzene rings is 3. The number of hydrogen-bond donors (Lipinski definition) is 0. The predicted molar refractivity (Wildman–Crippen MR) is 131 cm³/mol. The third-order valence-corrected chi connectivity index (χ3v) is 6.01. The minimum absolute atomic E-state index is 0.0208. The molecule has 1 aliphatic rings. The summed E-state index contributed by atoms with van der Waals surface area (Å²) in [6.07, 6.45) is 0. The van der Waals surface area contributed by atoms with E-state index in [-0.39, 0.29) is 16.8 Å². The molecule has 3 aromatic carbocycles. The van der Waals surface area contributed by atoms with Crippen molar-refractivity contribution in [3.05, 3.63) is 99.2 Å². The summed E-state index contributed by atoms with van der Waals surface area (Å²) in [7, 11) is 0. The van der Waals surface area contributed by atoms with Crippen molar-refractivity contribution in [3.63, 3.8) is 0 Å². The van der Waals surface area contributed by atoms with Gasteiger partial charge >= 0.3 is 0 Å². The maximum atomic E-state index is 13.8. The first kappa shape index (κ1) is 22.7. The van der Waals surface area contributed by atoms with E-state index in [4.69, 9.17) is 13.9 Å². The Morgan fingerprint density at radius 2 is 1.63 bits per heavy atom. The minimum atomic E-state index is -0.793. The number of ether oxygens (including phenoxy) is 2. The molecule has 2 heterocycles. The maximum Gasteiger partial charge on any atom is 0.295 e. The smallest absolute Gasteiger partial charge is 0.295 e. The van der Waals surface area contributed by atoms with E-state index in [2.05, 4.69) is 0 Å². The molecule has 0 N–H and O–H groups in total. The van der Waals surface area contributed by atoms with Gasteiger partial charge in [0.15, 0.2) is 16.9 Å². The van der Waals surface area contributed by atoms with Crippen LogP contribution in [0.4, 0.5) is 10.1 Å². The number of aryl methyl sites for hydroxylation is 1. The molecule has 0 radical (unpaired) electrons. The topological polar surface area (TPSA) is 69.0 Å². The lowest BCUT2D eigenvalue weighted by atomic mass is 9.97. The highest BCUT2D eigenvalue weighted by atomic mass is 19.1. The van der Waals surface area contributed by atoms with E-state index < -0.39 is 17.8 Å². The van der Waals surface area contributed by atoms with Crippen LogP contribution in [0.3, 0.4) is 0 Å². The number of carbonyl (C=O) groups is 1. The largest absolute Gasteiger partial charge is 0.490 e. The quantitative estimate of drug-likeness (QED) is 0.355. The lowest BCUT2D eigenvalue weighted by Gasteiger charge is -2.26. The van der Waals surface area contributed by atoms with E-state index in [1.807, 2.05) is 26.8 Å². The van der Waals surface area contributed by atoms with Crippen LogP contribution in [0.1, 0.15) is 47.1 Å². The van der Waals surface area contributed by atoms with Crippen molar-refractivity contribution in [2.24, 2.45) is 0 Å². The first-order valence-electron chi connectivity index (χ1n) is 11.5. The summed E-state index contributed by atoms with van der Waals surface area (Å²) in [6.45, 7) is 6.51. The molecule has 0 aliphatic carbocycles. The Kier molecular flexibility index (Phi) is 5.76. The van der Waals surface area contributed by atoms with Crippen LogP contribution in [0.25, 0.3) is 11.0 Å². The molecule has 6 nitrogen and oxygen atoms in total. The molecule has 5 rings (SSSR count). The summed E-state index contributed by atoms with van der Waals surface area (Å²) in [5.74, 6) is 0.158. The van der Waals surface area contributed by atoms with Crippen LogP contribution in [0, 0.1) is 12.7 Å².